The third kappa shape index (κ3) is 7.83. The predicted octanol–water partition coefficient (Wildman–Crippen LogP) is 7.22. The number of methoxy groups -OCH3 is 1. The van der Waals surface area contributed by atoms with Crippen molar-refractivity contribution >= 4 is 48.7 Å². The van der Waals surface area contributed by atoms with Crippen molar-refractivity contribution in [3.63, 3.8) is 0 Å². The van der Waals surface area contributed by atoms with E-state index in [0.29, 0.717) is 26.4 Å². The molecular formula is C33H38F3N3O5S2. The Morgan fingerprint density at radius 1 is 1.09 bits per heavy atom. The summed E-state index contributed by atoms with van der Waals surface area (Å²) in [6.07, 6.45) is -1.49. The van der Waals surface area contributed by atoms with Crippen LogP contribution in [0, 0.1) is 11.8 Å². The van der Waals surface area contributed by atoms with Gasteiger partial charge in [0.25, 0.3) is 0 Å². The average molecular weight is 678 g/mol. The molecule has 2 bridgehead atoms. The number of hydrogen-bond acceptors (Lipinski definition) is 8. The van der Waals surface area contributed by atoms with Crippen molar-refractivity contribution in [2.24, 2.45) is 0 Å². The predicted molar refractivity (Wildman–Crippen MR) is 175 cm³/mol. The van der Waals surface area contributed by atoms with Gasteiger partial charge in [0.2, 0.25) is 0 Å². The molecule has 2 atom stereocenters. The third-order valence-corrected chi connectivity index (χ3v) is 10.4. The van der Waals surface area contributed by atoms with Gasteiger partial charge in [-0.25, -0.2) is 13.2 Å². The Hall–Kier alpha value is -3.63. The van der Waals surface area contributed by atoms with Gasteiger partial charge in [-0.3, -0.25) is 0 Å². The molecule has 2 aliphatic rings. The molecule has 3 heterocycles. The number of benzene rings is 2. The van der Waals surface area contributed by atoms with Crippen molar-refractivity contribution in [1.29, 1.82) is 0 Å². The summed E-state index contributed by atoms with van der Waals surface area (Å²) in [4.78, 5) is 15.2. The number of ether oxygens (including phenoxy) is 2. The zero-order valence-corrected chi connectivity index (χ0v) is 28.0. The van der Waals surface area contributed by atoms with Gasteiger partial charge < -0.3 is 25.0 Å². The van der Waals surface area contributed by atoms with Crippen LogP contribution < -0.4 is 15.4 Å². The Balaban J connectivity index is 1.36. The van der Waals surface area contributed by atoms with Crippen LogP contribution in [0.15, 0.2) is 41.3 Å². The number of halogens is 3. The fourth-order valence-corrected chi connectivity index (χ4v) is 8.01. The molecule has 2 fully saturated rings. The summed E-state index contributed by atoms with van der Waals surface area (Å²) in [7, 11) is -2.01. The number of fused-ring (bicyclic) bond motifs is 3. The average Bonchev–Trinajstić information content (AvgIpc) is 3.43. The van der Waals surface area contributed by atoms with Crippen LogP contribution in [0.1, 0.15) is 56.9 Å². The number of thiophene rings is 1. The monoisotopic (exact) mass is 677 g/mol. The van der Waals surface area contributed by atoms with Crippen LogP contribution in [-0.4, -0.2) is 69.2 Å². The normalized spacial score (nSPS) is 19.8. The van der Waals surface area contributed by atoms with E-state index in [1.165, 1.54) is 30.6 Å². The van der Waals surface area contributed by atoms with E-state index in [1.807, 2.05) is 31.7 Å². The van der Waals surface area contributed by atoms with Crippen molar-refractivity contribution in [3.8, 4) is 17.6 Å². The first-order valence-electron chi connectivity index (χ1n) is 15.0. The molecule has 0 spiro atoms. The Bertz CT molecular complexity index is 1770. The van der Waals surface area contributed by atoms with Crippen LogP contribution in [-0.2, 0) is 21.0 Å². The zero-order chi connectivity index (χ0) is 33.4. The van der Waals surface area contributed by atoms with Crippen LogP contribution in [0.25, 0.3) is 10.1 Å². The topological polar surface area (TPSA) is 97.0 Å². The molecule has 46 heavy (non-hydrogen) atoms. The van der Waals surface area contributed by atoms with E-state index in [4.69, 9.17) is 9.47 Å². The van der Waals surface area contributed by atoms with Gasteiger partial charge in [0, 0.05) is 30.4 Å². The lowest BCUT2D eigenvalue weighted by Crippen LogP contribution is -2.51. The fraction of sp³-hybridized carbons (Fsp3) is 0.485. The summed E-state index contributed by atoms with van der Waals surface area (Å²) in [5.74, 6) is 6.18. The Labute approximate surface area is 271 Å². The maximum Gasteiger partial charge on any atom is 0.410 e. The summed E-state index contributed by atoms with van der Waals surface area (Å²) in [6.45, 7) is 5.65. The molecule has 2 unspecified atom stereocenters. The Morgan fingerprint density at radius 2 is 1.78 bits per heavy atom. The highest BCUT2D eigenvalue weighted by Crippen LogP contribution is 2.42. The van der Waals surface area contributed by atoms with Crippen molar-refractivity contribution < 1.29 is 35.9 Å². The van der Waals surface area contributed by atoms with Gasteiger partial charge in [0.1, 0.15) is 11.4 Å². The van der Waals surface area contributed by atoms with Crippen LogP contribution in [0.5, 0.6) is 5.75 Å². The second-order valence-corrected chi connectivity index (χ2v) is 15.8. The SMILES string of the molecule is COc1cc(S(C)(=O)=O)ccc1NCC#Cc1sc2c(NC3CC4CCC(C3)N4C(=O)OC(C)(C)C)cccc2c1CC(F)(F)F. The van der Waals surface area contributed by atoms with E-state index < -0.39 is 28.0 Å². The number of anilines is 2. The minimum atomic E-state index is -4.42. The van der Waals surface area contributed by atoms with Crippen molar-refractivity contribution in [3.05, 3.63) is 46.8 Å². The molecule has 8 nitrogen and oxygen atoms in total. The summed E-state index contributed by atoms with van der Waals surface area (Å²) in [5, 5.41) is 7.15. The number of carbonyl (C=O) groups excluding carboxylic acids is 1. The van der Waals surface area contributed by atoms with Crippen LogP contribution in [0.2, 0.25) is 0 Å². The second kappa shape index (κ2) is 12.9. The molecule has 0 aliphatic carbocycles. The molecule has 248 valence electrons. The number of nitrogens with one attached hydrogen (secondary N) is 2. The van der Waals surface area contributed by atoms with Gasteiger partial charge in [-0.05, 0) is 75.6 Å². The summed E-state index contributed by atoms with van der Waals surface area (Å²) in [5.41, 5.74) is 0.819. The molecule has 13 heteroatoms. The smallest absolute Gasteiger partial charge is 0.410 e. The molecule has 2 saturated heterocycles. The first kappa shape index (κ1) is 33.7. The van der Waals surface area contributed by atoms with Gasteiger partial charge in [0.15, 0.2) is 9.84 Å². The molecule has 2 aliphatic heterocycles. The van der Waals surface area contributed by atoms with E-state index in [1.54, 1.807) is 18.2 Å². The standard InChI is InChI=1S/C33H38F3N3O5S2/c1-32(2,3)44-31(40)39-21-11-12-22(39)17-20(16-21)38-27-9-6-8-24-25(19-33(34,35)36)29(45-30(24)27)10-7-15-37-26-14-13-23(46(5,41)42)18-28(26)43-4/h6,8-9,13-14,18,20-22,37-38H,11-12,15-17,19H2,1-5H3. The lowest BCUT2D eigenvalue weighted by atomic mass is 9.97. The molecule has 1 aromatic heterocycles. The van der Waals surface area contributed by atoms with Crippen molar-refractivity contribution in [2.45, 2.75) is 87.7 Å². The highest BCUT2D eigenvalue weighted by molar-refractivity contribution is 7.90. The Morgan fingerprint density at radius 3 is 2.39 bits per heavy atom. The van der Waals surface area contributed by atoms with Gasteiger partial charge in [-0.2, -0.15) is 13.2 Å². The highest BCUT2D eigenvalue weighted by atomic mass is 32.2. The van der Waals surface area contributed by atoms with Gasteiger partial charge in [0.05, 0.1) is 45.9 Å². The molecule has 0 radical (unpaired) electrons. The molecule has 2 aromatic carbocycles. The van der Waals surface area contributed by atoms with E-state index in [-0.39, 0.29) is 41.2 Å². The van der Waals surface area contributed by atoms with E-state index in [2.05, 4.69) is 22.5 Å². The number of alkyl halides is 3. The molecular weight excluding hydrogens is 640 g/mol. The van der Waals surface area contributed by atoms with Crippen LogP contribution in [0.3, 0.4) is 0 Å². The molecule has 2 N–H and O–H groups in total. The summed E-state index contributed by atoms with van der Waals surface area (Å²) >= 11 is 1.23. The van der Waals surface area contributed by atoms with Crippen LogP contribution >= 0.6 is 11.3 Å². The summed E-state index contributed by atoms with van der Waals surface area (Å²) < 4.78 is 76.6. The molecule has 0 saturated carbocycles. The number of nitrogens with zero attached hydrogens (tertiary/aromatic N) is 1. The number of sulfone groups is 1. The fourth-order valence-electron chi connectivity index (χ4n) is 6.20. The van der Waals surface area contributed by atoms with Gasteiger partial charge >= 0.3 is 12.3 Å². The maximum absolute atomic E-state index is 13.7. The van der Waals surface area contributed by atoms with Gasteiger partial charge in [-0.15, -0.1) is 11.3 Å². The largest absolute Gasteiger partial charge is 0.495 e. The lowest BCUT2D eigenvalue weighted by Gasteiger charge is -2.40. The first-order chi connectivity index (χ1) is 21.5. The number of amides is 1. The van der Waals surface area contributed by atoms with E-state index >= 15 is 0 Å². The molecule has 5 rings (SSSR count). The van der Waals surface area contributed by atoms with Gasteiger partial charge in [-0.1, -0.05) is 24.0 Å². The summed E-state index contributed by atoms with van der Waals surface area (Å²) in [6, 6.07) is 9.89. The molecule has 1 amide bonds. The van der Waals surface area contributed by atoms with E-state index in [0.717, 1.165) is 37.6 Å². The lowest BCUT2D eigenvalue weighted by molar-refractivity contribution is -0.127. The number of piperidine rings is 1. The second-order valence-electron chi connectivity index (χ2n) is 12.8. The number of carbonyl (C=O) groups is 1. The first-order valence-corrected chi connectivity index (χ1v) is 17.7. The number of hydrogen-bond donors (Lipinski definition) is 2. The Kier molecular flexibility index (Phi) is 9.44. The van der Waals surface area contributed by atoms with Crippen molar-refractivity contribution in [1.82, 2.24) is 4.90 Å². The minimum absolute atomic E-state index is 0.0459. The van der Waals surface area contributed by atoms with E-state index in [9.17, 15) is 26.4 Å². The minimum Gasteiger partial charge on any atom is -0.495 e. The molecule has 3 aromatic rings. The highest BCUT2D eigenvalue weighted by Gasteiger charge is 2.45. The quantitative estimate of drug-likeness (QED) is 0.255. The van der Waals surface area contributed by atoms with Crippen molar-refractivity contribution in [2.75, 3.05) is 30.5 Å². The zero-order valence-electron chi connectivity index (χ0n) is 26.4. The third-order valence-electron chi connectivity index (χ3n) is 8.06. The maximum atomic E-state index is 13.7. The number of rotatable bonds is 7. The van der Waals surface area contributed by atoms with Crippen LogP contribution in [0.4, 0.5) is 29.3 Å².